The van der Waals surface area contributed by atoms with E-state index in [0.717, 1.165) is 22.4 Å². The van der Waals surface area contributed by atoms with Gasteiger partial charge in [0.2, 0.25) is 5.95 Å². The molecule has 1 aliphatic carbocycles. The molecule has 0 saturated heterocycles. The molecule has 1 N–H and O–H groups in total. The van der Waals surface area contributed by atoms with Crippen LogP contribution in [0, 0.1) is 5.92 Å². The first kappa shape index (κ1) is 13.7. The Balaban J connectivity index is 1.93. The molecule has 3 nitrogen and oxygen atoms in total. The molecule has 2 aromatic rings. The van der Waals surface area contributed by atoms with Crippen LogP contribution >= 0.6 is 11.8 Å². The molecule has 1 saturated carbocycles. The summed E-state index contributed by atoms with van der Waals surface area (Å²) in [5, 5.41) is 6.07. The molecule has 1 heterocycles. The van der Waals surface area contributed by atoms with Crippen molar-refractivity contribution >= 4 is 28.6 Å². The highest BCUT2D eigenvalue weighted by Crippen LogP contribution is 2.37. The molecule has 2 atom stereocenters. The van der Waals surface area contributed by atoms with Crippen LogP contribution in [0.25, 0.3) is 10.9 Å². The molecule has 0 aliphatic heterocycles. The topological polar surface area (TPSA) is 37.8 Å². The van der Waals surface area contributed by atoms with Crippen LogP contribution in [0.5, 0.6) is 0 Å². The maximum Gasteiger partial charge on any atom is 0.224 e. The maximum absolute atomic E-state index is 4.68. The zero-order valence-electron chi connectivity index (χ0n) is 12.1. The summed E-state index contributed by atoms with van der Waals surface area (Å²) in [5.41, 5.74) is 1.03. The van der Waals surface area contributed by atoms with Gasteiger partial charge < -0.3 is 5.32 Å². The van der Waals surface area contributed by atoms with Crippen molar-refractivity contribution in [2.24, 2.45) is 5.92 Å². The highest BCUT2D eigenvalue weighted by atomic mass is 32.2. The molecule has 1 aliphatic rings. The summed E-state index contributed by atoms with van der Waals surface area (Å²) in [6.45, 7) is 2.36. The minimum atomic E-state index is 0.696. The number of benzene rings is 1. The minimum absolute atomic E-state index is 0.696. The number of hydrogen-bond acceptors (Lipinski definition) is 4. The van der Waals surface area contributed by atoms with Crippen molar-refractivity contribution < 1.29 is 0 Å². The van der Waals surface area contributed by atoms with Crippen molar-refractivity contribution in [2.75, 3.05) is 12.4 Å². The summed E-state index contributed by atoms with van der Waals surface area (Å²) in [6.07, 6.45) is 5.34. The number of thioether (sulfide) groups is 1. The average molecular weight is 287 g/mol. The third-order valence-electron chi connectivity index (χ3n) is 3.96. The van der Waals surface area contributed by atoms with Gasteiger partial charge in [-0.05, 0) is 24.8 Å². The SMILES string of the molecule is CNc1nc(SC2CCCC(C)C2)c2ccccc2n1. The van der Waals surface area contributed by atoms with E-state index >= 15 is 0 Å². The van der Waals surface area contributed by atoms with Gasteiger partial charge in [-0.1, -0.05) is 38.0 Å². The predicted octanol–water partition coefficient (Wildman–Crippen LogP) is 4.34. The number of aromatic nitrogens is 2. The number of fused-ring (bicyclic) bond motifs is 1. The predicted molar refractivity (Wildman–Crippen MR) is 86.4 cm³/mol. The summed E-state index contributed by atoms with van der Waals surface area (Å²) < 4.78 is 0. The van der Waals surface area contributed by atoms with Crippen molar-refractivity contribution in [1.82, 2.24) is 9.97 Å². The highest BCUT2D eigenvalue weighted by Gasteiger charge is 2.21. The Morgan fingerprint density at radius 1 is 1.20 bits per heavy atom. The maximum atomic E-state index is 4.68. The second-order valence-corrected chi connectivity index (χ2v) is 6.92. The van der Waals surface area contributed by atoms with Gasteiger partial charge in [0, 0.05) is 17.7 Å². The number of rotatable bonds is 3. The first-order valence-corrected chi connectivity index (χ1v) is 8.25. The number of hydrogen-bond donors (Lipinski definition) is 1. The van der Waals surface area contributed by atoms with Crippen LogP contribution in [-0.2, 0) is 0 Å². The van der Waals surface area contributed by atoms with E-state index in [1.807, 2.05) is 24.9 Å². The van der Waals surface area contributed by atoms with Crippen LogP contribution in [-0.4, -0.2) is 22.3 Å². The Morgan fingerprint density at radius 3 is 2.85 bits per heavy atom. The van der Waals surface area contributed by atoms with Crippen LogP contribution < -0.4 is 5.32 Å². The smallest absolute Gasteiger partial charge is 0.224 e. The number of nitrogens with one attached hydrogen (secondary N) is 1. The minimum Gasteiger partial charge on any atom is -0.357 e. The van der Waals surface area contributed by atoms with Crippen molar-refractivity contribution in [3.05, 3.63) is 24.3 Å². The van der Waals surface area contributed by atoms with Crippen LogP contribution in [0.15, 0.2) is 29.3 Å². The summed E-state index contributed by atoms with van der Waals surface area (Å²) in [4.78, 5) is 9.21. The first-order chi connectivity index (χ1) is 9.76. The van der Waals surface area contributed by atoms with E-state index in [2.05, 4.69) is 40.4 Å². The zero-order valence-corrected chi connectivity index (χ0v) is 12.9. The Kier molecular flexibility index (Phi) is 4.10. The fourth-order valence-corrected chi connectivity index (χ4v) is 4.36. The molecule has 0 spiro atoms. The van der Waals surface area contributed by atoms with Crippen molar-refractivity contribution in [2.45, 2.75) is 42.9 Å². The standard InChI is InChI=1S/C16H21N3S/c1-11-6-5-7-12(10-11)20-15-13-8-3-4-9-14(13)18-16(17-2)19-15/h3-4,8-9,11-12H,5-7,10H2,1-2H3,(H,17,18,19). The molecular weight excluding hydrogens is 266 g/mol. The lowest BCUT2D eigenvalue weighted by Gasteiger charge is -2.26. The molecule has 0 bridgehead atoms. The van der Waals surface area contributed by atoms with Gasteiger partial charge in [-0.15, -0.1) is 11.8 Å². The Labute approximate surface area is 124 Å². The Hall–Kier alpha value is -1.29. The third kappa shape index (κ3) is 2.90. The van der Waals surface area contributed by atoms with Gasteiger partial charge in [-0.2, -0.15) is 0 Å². The highest BCUT2D eigenvalue weighted by molar-refractivity contribution is 8.00. The van der Waals surface area contributed by atoms with Gasteiger partial charge in [0.1, 0.15) is 5.03 Å². The number of nitrogens with zero attached hydrogens (tertiary/aromatic N) is 2. The quantitative estimate of drug-likeness (QED) is 0.852. The number of para-hydroxylation sites is 1. The summed E-state index contributed by atoms with van der Waals surface area (Å²) in [7, 11) is 1.88. The largest absolute Gasteiger partial charge is 0.357 e. The van der Waals surface area contributed by atoms with E-state index in [4.69, 9.17) is 0 Å². The molecule has 0 amide bonds. The van der Waals surface area contributed by atoms with E-state index in [1.165, 1.54) is 31.1 Å². The number of anilines is 1. The van der Waals surface area contributed by atoms with Crippen LogP contribution in [0.2, 0.25) is 0 Å². The summed E-state index contributed by atoms with van der Waals surface area (Å²) in [5.74, 6) is 1.56. The molecule has 1 fully saturated rings. The van der Waals surface area contributed by atoms with E-state index in [1.54, 1.807) is 0 Å². The lowest BCUT2D eigenvalue weighted by molar-refractivity contribution is 0.394. The second-order valence-electron chi connectivity index (χ2n) is 5.63. The first-order valence-electron chi connectivity index (χ1n) is 7.37. The van der Waals surface area contributed by atoms with Gasteiger partial charge in [-0.3, -0.25) is 0 Å². The normalized spacial score (nSPS) is 22.9. The molecule has 2 unspecified atom stereocenters. The van der Waals surface area contributed by atoms with E-state index in [-0.39, 0.29) is 0 Å². The van der Waals surface area contributed by atoms with Gasteiger partial charge in [0.05, 0.1) is 5.52 Å². The molecule has 20 heavy (non-hydrogen) atoms. The Morgan fingerprint density at radius 2 is 2.05 bits per heavy atom. The van der Waals surface area contributed by atoms with Crippen molar-refractivity contribution in [3.8, 4) is 0 Å². The molecule has 1 aromatic heterocycles. The molecule has 4 heteroatoms. The molecule has 3 rings (SSSR count). The lowest BCUT2D eigenvalue weighted by Crippen LogP contribution is -2.15. The van der Waals surface area contributed by atoms with Gasteiger partial charge >= 0.3 is 0 Å². The molecular formula is C16H21N3S. The molecule has 0 radical (unpaired) electrons. The monoisotopic (exact) mass is 287 g/mol. The molecule has 1 aromatic carbocycles. The zero-order chi connectivity index (χ0) is 13.9. The van der Waals surface area contributed by atoms with E-state index in [9.17, 15) is 0 Å². The summed E-state index contributed by atoms with van der Waals surface area (Å²) in [6, 6.07) is 8.29. The Bertz CT molecular complexity index is 599. The van der Waals surface area contributed by atoms with Crippen LogP contribution in [0.4, 0.5) is 5.95 Å². The second kappa shape index (κ2) is 6.00. The van der Waals surface area contributed by atoms with Gasteiger partial charge in [0.15, 0.2) is 0 Å². The lowest BCUT2D eigenvalue weighted by atomic mass is 9.91. The van der Waals surface area contributed by atoms with Gasteiger partial charge in [-0.25, -0.2) is 9.97 Å². The summed E-state index contributed by atoms with van der Waals surface area (Å²) >= 11 is 1.94. The fraction of sp³-hybridized carbons (Fsp3) is 0.500. The average Bonchev–Trinajstić information content (AvgIpc) is 2.47. The fourth-order valence-electron chi connectivity index (χ4n) is 2.89. The van der Waals surface area contributed by atoms with E-state index in [0.29, 0.717) is 5.25 Å². The van der Waals surface area contributed by atoms with Crippen LogP contribution in [0.3, 0.4) is 0 Å². The third-order valence-corrected chi connectivity index (χ3v) is 5.25. The van der Waals surface area contributed by atoms with Crippen molar-refractivity contribution in [3.63, 3.8) is 0 Å². The van der Waals surface area contributed by atoms with Crippen LogP contribution in [0.1, 0.15) is 32.6 Å². The van der Waals surface area contributed by atoms with Crippen molar-refractivity contribution in [1.29, 1.82) is 0 Å². The van der Waals surface area contributed by atoms with E-state index < -0.39 is 0 Å². The van der Waals surface area contributed by atoms with Gasteiger partial charge in [0.25, 0.3) is 0 Å². The molecule has 106 valence electrons.